The summed E-state index contributed by atoms with van der Waals surface area (Å²) >= 11 is 0. The summed E-state index contributed by atoms with van der Waals surface area (Å²) in [5, 5.41) is 12.7. The van der Waals surface area contributed by atoms with Gasteiger partial charge in [-0.25, -0.2) is 0 Å². The smallest absolute Gasteiger partial charge is 0.121 e. The molecule has 3 aromatic carbocycles. The fourth-order valence-electron chi connectivity index (χ4n) is 5.46. The zero-order chi connectivity index (χ0) is 19.0. The quantitative estimate of drug-likeness (QED) is 0.694. The van der Waals surface area contributed by atoms with Crippen LogP contribution in [0.5, 0.6) is 0 Å². The van der Waals surface area contributed by atoms with Gasteiger partial charge in [-0.3, -0.25) is 0 Å². The molecule has 2 bridgehead atoms. The van der Waals surface area contributed by atoms with Crippen molar-refractivity contribution in [3.05, 3.63) is 96.1 Å². The van der Waals surface area contributed by atoms with Gasteiger partial charge in [-0.05, 0) is 61.2 Å². The van der Waals surface area contributed by atoms with E-state index in [1.165, 1.54) is 0 Å². The first-order valence-electron chi connectivity index (χ1n) is 10.4. The minimum absolute atomic E-state index is 0.117. The number of rotatable bonds is 4. The van der Waals surface area contributed by atoms with E-state index in [0.29, 0.717) is 0 Å². The van der Waals surface area contributed by atoms with Crippen LogP contribution in [0.15, 0.2) is 84.9 Å². The van der Waals surface area contributed by atoms with Gasteiger partial charge in [-0.1, -0.05) is 84.9 Å². The molecule has 0 saturated carbocycles. The Morgan fingerprint density at radius 1 is 0.679 bits per heavy atom. The molecule has 0 spiro atoms. The monoisotopic (exact) mass is 369 g/mol. The van der Waals surface area contributed by atoms with Crippen LogP contribution in [0.25, 0.3) is 11.1 Å². The summed E-state index contributed by atoms with van der Waals surface area (Å²) in [4.78, 5) is 2.54. The number of benzene rings is 3. The fraction of sp³-hybridized carbons (Fsp3) is 0.308. The van der Waals surface area contributed by atoms with Gasteiger partial charge in [0.2, 0.25) is 0 Å². The molecule has 0 radical (unpaired) electrons. The van der Waals surface area contributed by atoms with E-state index in [1.54, 1.807) is 0 Å². The average molecular weight is 370 g/mol. The first kappa shape index (κ1) is 17.7. The molecule has 6 rings (SSSR count). The SMILES string of the molecule is O[C@@](c1ccccc1)(c1ccccc1-c1ccccc1)C12CCN(CC1)CC2. The second-order valence-corrected chi connectivity index (χ2v) is 8.36. The molecule has 3 heterocycles. The van der Waals surface area contributed by atoms with Gasteiger partial charge in [0, 0.05) is 5.41 Å². The summed E-state index contributed by atoms with van der Waals surface area (Å²) < 4.78 is 0. The van der Waals surface area contributed by atoms with Crippen molar-refractivity contribution in [1.29, 1.82) is 0 Å². The molecule has 0 unspecified atom stereocenters. The highest BCUT2D eigenvalue weighted by molar-refractivity contribution is 5.70. The first-order chi connectivity index (χ1) is 13.7. The summed E-state index contributed by atoms with van der Waals surface area (Å²) in [6.45, 7) is 3.26. The molecule has 28 heavy (non-hydrogen) atoms. The van der Waals surface area contributed by atoms with Crippen molar-refractivity contribution in [1.82, 2.24) is 4.90 Å². The predicted octanol–water partition coefficient (Wildman–Crippen LogP) is 5.08. The van der Waals surface area contributed by atoms with Crippen LogP contribution in [0.2, 0.25) is 0 Å². The number of hydrogen-bond acceptors (Lipinski definition) is 2. The minimum Gasteiger partial charge on any atom is -0.380 e. The highest BCUT2D eigenvalue weighted by Crippen LogP contribution is 2.57. The highest BCUT2D eigenvalue weighted by atomic mass is 16.3. The molecule has 142 valence electrons. The van der Waals surface area contributed by atoms with E-state index in [-0.39, 0.29) is 5.41 Å². The Kier molecular flexibility index (Phi) is 4.34. The third-order valence-corrected chi connectivity index (χ3v) is 7.08. The molecule has 2 nitrogen and oxygen atoms in total. The van der Waals surface area contributed by atoms with Crippen molar-refractivity contribution in [2.75, 3.05) is 19.6 Å². The van der Waals surface area contributed by atoms with Gasteiger partial charge in [0.1, 0.15) is 5.60 Å². The lowest BCUT2D eigenvalue weighted by atomic mass is 9.56. The molecule has 3 aliphatic heterocycles. The Morgan fingerprint density at radius 2 is 1.21 bits per heavy atom. The Balaban J connectivity index is 1.76. The third kappa shape index (κ3) is 2.63. The molecule has 0 amide bonds. The number of fused-ring (bicyclic) bond motifs is 3. The standard InChI is InChI=1S/C26H27NO/c28-26(22-11-5-2-6-12-22,25-15-18-27(19-16-25)20-17-25)24-14-8-7-13-23(24)21-9-3-1-4-10-21/h1-14,28H,15-20H2/t26-/m0/s1. The maximum absolute atomic E-state index is 12.7. The van der Waals surface area contributed by atoms with Crippen LogP contribution < -0.4 is 0 Å². The average Bonchev–Trinajstić information content (AvgIpc) is 2.81. The van der Waals surface area contributed by atoms with Crippen molar-refractivity contribution in [3.8, 4) is 11.1 Å². The second kappa shape index (κ2) is 6.88. The molecule has 0 aliphatic carbocycles. The number of hydrogen-bond donors (Lipinski definition) is 1. The Labute approximate surface area is 167 Å². The lowest BCUT2D eigenvalue weighted by Gasteiger charge is -2.57. The van der Waals surface area contributed by atoms with Crippen LogP contribution in [0, 0.1) is 5.41 Å². The van der Waals surface area contributed by atoms with E-state index in [1.807, 2.05) is 12.1 Å². The first-order valence-corrected chi connectivity index (χ1v) is 10.4. The molecule has 1 N–H and O–H groups in total. The molecule has 3 aromatic rings. The van der Waals surface area contributed by atoms with Gasteiger partial charge < -0.3 is 10.0 Å². The van der Waals surface area contributed by atoms with E-state index >= 15 is 0 Å². The molecule has 1 atom stereocenters. The van der Waals surface area contributed by atoms with E-state index < -0.39 is 5.60 Å². The molecule has 0 aromatic heterocycles. The zero-order valence-corrected chi connectivity index (χ0v) is 16.2. The minimum atomic E-state index is -0.993. The molecular weight excluding hydrogens is 342 g/mol. The highest BCUT2D eigenvalue weighted by Gasteiger charge is 2.56. The van der Waals surface area contributed by atoms with Crippen molar-refractivity contribution in [2.45, 2.75) is 24.9 Å². The van der Waals surface area contributed by atoms with Crippen LogP contribution >= 0.6 is 0 Å². The van der Waals surface area contributed by atoms with Crippen LogP contribution in [0.4, 0.5) is 0 Å². The summed E-state index contributed by atoms with van der Waals surface area (Å²) in [5.74, 6) is 0. The summed E-state index contributed by atoms with van der Waals surface area (Å²) in [5.41, 5.74) is 3.26. The Morgan fingerprint density at radius 3 is 1.86 bits per heavy atom. The van der Waals surface area contributed by atoms with E-state index in [2.05, 4.69) is 77.7 Å². The van der Waals surface area contributed by atoms with Crippen LogP contribution in [-0.2, 0) is 5.60 Å². The van der Waals surface area contributed by atoms with Gasteiger partial charge in [-0.15, -0.1) is 0 Å². The van der Waals surface area contributed by atoms with Crippen molar-refractivity contribution < 1.29 is 5.11 Å². The number of nitrogens with zero attached hydrogens (tertiary/aromatic N) is 1. The lowest BCUT2D eigenvalue weighted by molar-refractivity contribution is -0.124. The maximum Gasteiger partial charge on any atom is 0.121 e. The van der Waals surface area contributed by atoms with E-state index in [4.69, 9.17) is 0 Å². The van der Waals surface area contributed by atoms with Crippen LogP contribution in [0.1, 0.15) is 30.4 Å². The lowest BCUT2D eigenvalue weighted by Crippen LogP contribution is -2.58. The largest absolute Gasteiger partial charge is 0.380 e. The fourth-order valence-corrected chi connectivity index (χ4v) is 5.46. The van der Waals surface area contributed by atoms with E-state index in [0.717, 1.165) is 61.2 Å². The molecular formula is C26H27NO. The molecule has 3 aliphatic rings. The molecule has 3 fully saturated rings. The zero-order valence-electron chi connectivity index (χ0n) is 16.2. The van der Waals surface area contributed by atoms with Gasteiger partial charge in [0.05, 0.1) is 0 Å². The van der Waals surface area contributed by atoms with Gasteiger partial charge in [0.25, 0.3) is 0 Å². The summed E-state index contributed by atoms with van der Waals surface area (Å²) in [7, 11) is 0. The normalized spacial score (nSPS) is 26.0. The number of aliphatic hydroxyl groups is 1. The summed E-state index contributed by atoms with van der Waals surface area (Å²) in [6, 6.07) is 29.3. The van der Waals surface area contributed by atoms with Crippen molar-refractivity contribution >= 4 is 0 Å². The van der Waals surface area contributed by atoms with Crippen molar-refractivity contribution in [2.24, 2.45) is 5.41 Å². The molecule has 2 heteroatoms. The summed E-state index contributed by atoms with van der Waals surface area (Å²) in [6.07, 6.45) is 3.13. The van der Waals surface area contributed by atoms with E-state index in [9.17, 15) is 5.11 Å². The topological polar surface area (TPSA) is 23.5 Å². The number of piperidine rings is 3. The van der Waals surface area contributed by atoms with Crippen LogP contribution in [0.3, 0.4) is 0 Å². The van der Waals surface area contributed by atoms with Gasteiger partial charge in [-0.2, -0.15) is 0 Å². The van der Waals surface area contributed by atoms with Crippen LogP contribution in [-0.4, -0.2) is 29.6 Å². The van der Waals surface area contributed by atoms with Gasteiger partial charge >= 0.3 is 0 Å². The molecule has 3 saturated heterocycles. The maximum atomic E-state index is 12.7. The predicted molar refractivity (Wildman–Crippen MR) is 114 cm³/mol. The second-order valence-electron chi connectivity index (χ2n) is 8.36. The third-order valence-electron chi connectivity index (χ3n) is 7.08. The Hall–Kier alpha value is -2.42. The Bertz CT molecular complexity index is 931. The van der Waals surface area contributed by atoms with Crippen molar-refractivity contribution in [3.63, 3.8) is 0 Å². The van der Waals surface area contributed by atoms with Gasteiger partial charge in [0.15, 0.2) is 0 Å².